The molecule has 0 bridgehead atoms. The highest BCUT2D eigenvalue weighted by Gasteiger charge is 2.34. The third-order valence-corrected chi connectivity index (χ3v) is 5.93. The van der Waals surface area contributed by atoms with Crippen LogP contribution in [0.1, 0.15) is 36.1 Å². The summed E-state index contributed by atoms with van der Waals surface area (Å²) in [5.41, 5.74) is 5.35. The van der Waals surface area contributed by atoms with Gasteiger partial charge in [-0.3, -0.25) is 0 Å². The van der Waals surface area contributed by atoms with Gasteiger partial charge in [-0.1, -0.05) is 62.0 Å². The second-order valence-corrected chi connectivity index (χ2v) is 13.5. The van der Waals surface area contributed by atoms with Gasteiger partial charge < -0.3 is 14.6 Å². The molecule has 166 valence electrons. The molecule has 0 saturated heterocycles. The lowest BCUT2D eigenvalue weighted by Crippen LogP contribution is -2.28. The molecule has 0 fully saturated rings. The van der Waals surface area contributed by atoms with Crippen LogP contribution in [0.25, 0.3) is 0 Å². The third kappa shape index (κ3) is 5.62. The van der Waals surface area contributed by atoms with E-state index in [1.807, 2.05) is 86.6 Å². The Kier molecular flexibility index (Phi) is 7.45. The van der Waals surface area contributed by atoms with E-state index in [0.717, 1.165) is 33.8 Å². The second-order valence-electron chi connectivity index (χ2n) is 8.70. The molecule has 0 amide bonds. The molecule has 3 aromatic rings. The predicted octanol–water partition coefficient (Wildman–Crippen LogP) is 6.00. The fraction of sp³-hybridized carbons (Fsp3) is 0.286. The number of ether oxygens (including phenoxy) is 2. The maximum absolute atomic E-state index is 12.1. The molecule has 32 heavy (non-hydrogen) atoms. The van der Waals surface area contributed by atoms with Gasteiger partial charge in [-0.25, -0.2) is 0 Å². The molecule has 3 aromatic carbocycles. The average Bonchev–Trinajstić information content (AvgIpc) is 2.78. The van der Waals surface area contributed by atoms with Gasteiger partial charge in [0, 0.05) is 5.56 Å². The van der Waals surface area contributed by atoms with Gasteiger partial charge in [-0.05, 0) is 66.9 Å². The van der Waals surface area contributed by atoms with Crippen LogP contribution >= 0.6 is 0 Å². The molecule has 0 aromatic heterocycles. The summed E-state index contributed by atoms with van der Waals surface area (Å²) in [5.74, 6) is 4.84. The Hall–Kier alpha value is -3.00. The van der Waals surface area contributed by atoms with Crippen LogP contribution in [-0.4, -0.2) is 26.4 Å². The van der Waals surface area contributed by atoms with E-state index in [1.165, 1.54) is 0 Å². The van der Waals surface area contributed by atoms with Crippen molar-refractivity contribution in [1.29, 1.82) is 0 Å². The van der Waals surface area contributed by atoms with Crippen molar-refractivity contribution < 1.29 is 14.6 Å². The van der Waals surface area contributed by atoms with E-state index in [4.69, 9.17) is 9.47 Å². The smallest absolute Gasteiger partial charge is 0.140 e. The molecule has 0 atom stereocenters. The molecule has 0 spiro atoms. The monoisotopic (exact) mass is 444 g/mol. The number of benzene rings is 3. The second kappa shape index (κ2) is 10.1. The summed E-state index contributed by atoms with van der Waals surface area (Å²) in [7, 11) is -1.45. The van der Waals surface area contributed by atoms with Crippen LogP contribution in [0, 0.1) is 11.5 Å². The normalized spacial score (nSPS) is 11.4. The minimum absolute atomic E-state index is 0.600. The van der Waals surface area contributed by atoms with Gasteiger partial charge in [0.2, 0.25) is 0 Å². The van der Waals surface area contributed by atoms with E-state index in [1.54, 1.807) is 0 Å². The number of hydrogen-bond donors (Lipinski definition) is 1. The van der Waals surface area contributed by atoms with E-state index in [-0.39, 0.29) is 0 Å². The van der Waals surface area contributed by atoms with Gasteiger partial charge in [0.1, 0.15) is 25.2 Å². The minimum Gasteiger partial charge on any atom is -0.494 e. The van der Waals surface area contributed by atoms with Crippen molar-refractivity contribution in [2.24, 2.45) is 0 Å². The summed E-state index contributed by atoms with van der Waals surface area (Å²) in [6.45, 7) is 11.8. The zero-order valence-electron chi connectivity index (χ0n) is 19.6. The SMILES string of the molecule is CCOc1ccc(C(O)(c2ccc(C#C[Si](C)(C)C)cc2)c2ccc(OCC)cc2)cc1. The Morgan fingerprint density at radius 2 is 1.06 bits per heavy atom. The van der Waals surface area contributed by atoms with Crippen LogP contribution in [0.2, 0.25) is 19.6 Å². The molecule has 0 aliphatic carbocycles. The first-order valence-corrected chi connectivity index (χ1v) is 14.6. The van der Waals surface area contributed by atoms with Gasteiger partial charge in [-0.15, -0.1) is 5.54 Å². The van der Waals surface area contributed by atoms with E-state index in [9.17, 15) is 5.11 Å². The predicted molar refractivity (Wildman–Crippen MR) is 134 cm³/mol. The first kappa shape index (κ1) is 23.7. The number of rotatable bonds is 7. The third-order valence-electron chi connectivity index (χ3n) is 5.05. The highest BCUT2D eigenvalue weighted by molar-refractivity contribution is 6.83. The quantitative estimate of drug-likeness (QED) is 0.276. The zero-order chi connectivity index (χ0) is 23.2. The van der Waals surface area contributed by atoms with Crippen molar-refractivity contribution >= 4 is 8.07 Å². The lowest BCUT2D eigenvalue weighted by atomic mass is 9.80. The summed E-state index contributed by atoms with van der Waals surface area (Å²) < 4.78 is 11.2. The van der Waals surface area contributed by atoms with Crippen LogP contribution in [-0.2, 0) is 5.60 Å². The summed E-state index contributed by atoms with van der Waals surface area (Å²) in [6, 6.07) is 23.1. The van der Waals surface area contributed by atoms with Gasteiger partial charge in [-0.2, -0.15) is 0 Å². The topological polar surface area (TPSA) is 38.7 Å². The fourth-order valence-electron chi connectivity index (χ4n) is 3.47. The van der Waals surface area contributed by atoms with Crippen LogP contribution in [0.5, 0.6) is 11.5 Å². The zero-order valence-corrected chi connectivity index (χ0v) is 20.6. The number of aliphatic hydroxyl groups is 1. The van der Waals surface area contributed by atoms with Crippen molar-refractivity contribution in [1.82, 2.24) is 0 Å². The summed E-state index contributed by atoms with van der Waals surface area (Å²) in [4.78, 5) is 0. The first-order chi connectivity index (χ1) is 15.3. The van der Waals surface area contributed by atoms with Crippen LogP contribution in [0.4, 0.5) is 0 Å². The Balaban J connectivity index is 2.06. The Morgan fingerprint density at radius 1 is 0.688 bits per heavy atom. The van der Waals surface area contributed by atoms with E-state index in [0.29, 0.717) is 13.2 Å². The van der Waals surface area contributed by atoms with Gasteiger partial charge >= 0.3 is 0 Å². The molecule has 0 radical (unpaired) electrons. The standard InChI is InChI=1S/C28H32O3Si/c1-6-30-26-16-12-24(13-17-26)28(29,25-14-18-27(19-15-25)31-7-2)23-10-8-22(9-11-23)20-21-32(3,4)5/h8-19,29H,6-7H2,1-5H3. The van der Waals surface area contributed by atoms with Crippen molar-refractivity contribution in [2.45, 2.75) is 39.1 Å². The van der Waals surface area contributed by atoms with Crippen LogP contribution < -0.4 is 9.47 Å². The van der Waals surface area contributed by atoms with Crippen LogP contribution in [0.3, 0.4) is 0 Å². The highest BCUT2D eigenvalue weighted by atomic mass is 28.3. The van der Waals surface area contributed by atoms with Gasteiger partial charge in [0.05, 0.1) is 13.2 Å². The summed E-state index contributed by atoms with van der Waals surface area (Å²) >= 11 is 0. The summed E-state index contributed by atoms with van der Waals surface area (Å²) in [6.07, 6.45) is 0. The molecule has 0 heterocycles. The van der Waals surface area contributed by atoms with Crippen molar-refractivity contribution in [3.63, 3.8) is 0 Å². The lowest BCUT2D eigenvalue weighted by molar-refractivity contribution is 0.125. The van der Waals surface area contributed by atoms with Crippen molar-refractivity contribution in [3.05, 3.63) is 95.1 Å². The lowest BCUT2D eigenvalue weighted by Gasteiger charge is -2.30. The fourth-order valence-corrected chi connectivity index (χ4v) is 3.99. The molecular formula is C28H32O3Si. The molecule has 0 aliphatic heterocycles. The maximum Gasteiger partial charge on any atom is 0.140 e. The summed E-state index contributed by atoms with van der Waals surface area (Å²) in [5, 5.41) is 12.1. The van der Waals surface area contributed by atoms with E-state index in [2.05, 4.69) is 31.1 Å². The molecule has 0 aliphatic rings. The molecule has 0 unspecified atom stereocenters. The number of hydrogen-bond acceptors (Lipinski definition) is 3. The molecule has 0 saturated carbocycles. The first-order valence-electron chi connectivity index (χ1n) is 11.1. The molecule has 1 N–H and O–H groups in total. The van der Waals surface area contributed by atoms with Gasteiger partial charge in [0.25, 0.3) is 0 Å². The Labute approximate surface area is 193 Å². The maximum atomic E-state index is 12.1. The highest BCUT2D eigenvalue weighted by Crippen LogP contribution is 2.38. The Morgan fingerprint density at radius 3 is 1.41 bits per heavy atom. The molecule has 3 nitrogen and oxygen atoms in total. The van der Waals surface area contributed by atoms with Gasteiger partial charge in [0.15, 0.2) is 0 Å². The minimum atomic E-state index is -1.45. The van der Waals surface area contributed by atoms with Crippen molar-refractivity contribution in [2.75, 3.05) is 13.2 Å². The molecule has 3 rings (SSSR count). The largest absolute Gasteiger partial charge is 0.494 e. The average molecular weight is 445 g/mol. The van der Waals surface area contributed by atoms with Crippen molar-refractivity contribution in [3.8, 4) is 23.0 Å². The Bertz CT molecular complexity index is 1020. The van der Waals surface area contributed by atoms with Crippen LogP contribution in [0.15, 0.2) is 72.8 Å². The van der Waals surface area contributed by atoms with E-state index < -0.39 is 13.7 Å². The molecular weight excluding hydrogens is 412 g/mol. The van der Waals surface area contributed by atoms with E-state index >= 15 is 0 Å². The molecule has 4 heteroatoms.